The van der Waals surface area contributed by atoms with Crippen molar-refractivity contribution in [3.05, 3.63) is 86.3 Å². The van der Waals surface area contributed by atoms with E-state index in [-0.39, 0.29) is 30.2 Å². The van der Waals surface area contributed by atoms with Gasteiger partial charge in [0.2, 0.25) is 0 Å². The summed E-state index contributed by atoms with van der Waals surface area (Å²) in [6.45, 7) is 2.19. The second-order valence-electron chi connectivity index (χ2n) is 7.21. The van der Waals surface area contributed by atoms with Gasteiger partial charge in [0.25, 0.3) is 11.5 Å². The van der Waals surface area contributed by atoms with Crippen LogP contribution in [-0.4, -0.2) is 22.6 Å². The molecule has 0 aliphatic carbocycles. The maximum Gasteiger partial charge on any atom is 0.330 e. The molecule has 3 aromatic rings. The van der Waals surface area contributed by atoms with Crippen LogP contribution in [0.2, 0.25) is 0 Å². The molecule has 0 saturated heterocycles. The van der Waals surface area contributed by atoms with Crippen molar-refractivity contribution >= 4 is 17.4 Å². The minimum atomic E-state index is -0.786. The predicted octanol–water partition coefficient (Wildman–Crippen LogP) is 2.91. The van der Waals surface area contributed by atoms with Gasteiger partial charge in [-0.1, -0.05) is 31.5 Å². The average Bonchev–Trinajstić information content (AvgIpc) is 2.78. The van der Waals surface area contributed by atoms with Crippen LogP contribution in [0.25, 0.3) is 0 Å². The molecule has 9 heteroatoms. The van der Waals surface area contributed by atoms with E-state index in [0.29, 0.717) is 17.7 Å². The zero-order chi connectivity index (χ0) is 23.3. The van der Waals surface area contributed by atoms with E-state index in [1.54, 1.807) is 24.3 Å². The van der Waals surface area contributed by atoms with Crippen molar-refractivity contribution in [1.82, 2.24) is 9.55 Å². The van der Waals surface area contributed by atoms with Crippen LogP contribution in [0.3, 0.4) is 0 Å². The van der Waals surface area contributed by atoms with Gasteiger partial charge in [0.1, 0.15) is 17.4 Å². The monoisotopic (exact) mass is 440 g/mol. The van der Waals surface area contributed by atoms with Crippen LogP contribution >= 0.6 is 0 Å². The lowest BCUT2D eigenvalue weighted by atomic mass is 10.1. The maximum absolute atomic E-state index is 13.4. The molecule has 0 bridgehead atoms. The van der Waals surface area contributed by atoms with Gasteiger partial charge in [-0.25, -0.2) is 9.18 Å². The van der Waals surface area contributed by atoms with Gasteiger partial charge in [-0.3, -0.25) is 24.0 Å². The Kier molecular flexibility index (Phi) is 7.09. The molecule has 8 nitrogen and oxygen atoms in total. The number of hydrogen-bond donors (Lipinski definition) is 2. The number of methoxy groups -OCH3 is 1. The summed E-state index contributed by atoms with van der Waals surface area (Å²) < 4.78 is 20.0. The van der Waals surface area contributed by atoms with Crippen LogP contribution in [0, 0.1) is 5.82 Å². The van der Waals surface area contributed by atoms with Crippen molar-refractivity contribution in [3.8, 4) is 5.75 Å². The molecule has 0 radical (unpaired) electrons. The number of rotatable bonds is 8. The largest absolute Gasteiger partial charge is 0.496 e. The number of para-hydroxylation sites is 1. The number of nitrogen functional groups attached to an aromatic ring is 1. The van der Waals surface area contributed by atoms with Crippen molar-refractivity contribution < 1.29 is 13.9 Å². The Morgan fingerprint density at radius 2 is 1.84 bits per heavy atom. The number of anilines is 2. The van der Waals surface area contributed by atoms with E-state index in [1.807, 2.05) is 6.92 Å². The standard InChI is InChI=1S/C23H25FN4O4/c1-3-4-13-27-20(25)19(21(29)26-23(27)31)28(14-16-7-5-6-8-18(16)32-2)22(30)15-9-11-17(24)12-10-15/h5-12H,3-4,13-14,25H2,1-2H3,(H,26,29,31). The molecule has 0 saturated carbocycles. The van der Waals surface area contributed by atoms with E-state index in [0.717, 1.165) is 18.6 Å². The van der Waals surface area contributed by atoms with Crippen molar-refractivity contribution in [2.24, 2.45) is 0 Å². The molecule has 1 amide bonds. The summed E-state index contributed by atoms with van der Waals surface area (Å²) in [6.07, 6.45) is 1.47. The molecule has 3 rings (SSSR count). The summed E-state index contributed by atoms with van der Waals surface area (Å²) in [5.74, 6) is -0.673. The molecule has 0 fully saturated rings. The number of carbonyl (C=O) groups is 1. The summed E-state index contributed by atoms with van der Waals surface area (Å²) in [5, 5.41) is 0. The zero-order valence-electron chi connectivity index (χ0n) is 17.9. The molecule has 0 spiro atoms. The molecule has 168 valence electrons. The summed E-state index contributed by atoms with van der Waals surface area (Å²) >= 11 is 0. The van der Waals surface area contributed by atoms with Gasteiger partial charge in [0, 0.05) is 17.7 Å². The number of hydrogen-bond acceptors (Lipinski definition) is 5. The topological polar surface area (TPSA) is 110 Å². The summed E-state index contributed by atoms with van der Waals surface area (Å²) in [6, 6.07) is 12.0. The van der Waals surface area contributed by atoms with Crippen LogP contribution in [0.4, 0.5) is 15.9 Å². The highest BCUT2D eigenvalue weighted by Crippen LogP contribution is 2.26. The average molecular weight is 440 g/mol. The van der Waals surface area contributed by atoms with Crippen molar-refractivity contribution in [2.45, 2.75) is 32.9 Å². The number of aromatic amines is 1. The highest BCUT2D eigenvalue weighted by molar-refractivity contribution is 6.07. The van der Waals surface area contributed by atoms with Gasteiger partial charge in [-0.15, -0.1) is 0 Å². The van der Waals surface area contributed by atoms with Crippen LogP contribution in [0.15, 0.2) is 58.1 Å². The number of nitrogens with two attached hydrogens (primary N) is 1. The van der Waals surface area contributed by atoms with Crippen molar-refractivity contribution in [1.29, 1.82) is 0 Å². The van der Waals surface area contributed by atoms with Crippen LogP contribution < -0.4 is 26.6 Å². The zero-order valence-corrected chi connectivity index (χ0v) is 17.9. The number of unbranched alkanes of at least 4 members (excludes halogenated alkanes) is 1. The Hall–Kier alpha value is -3.88. The van der Waals surface area contributed by atoms with E-state index >= 15 is 0 Å². The number of nitrogens with one attached hydrogen (secondary N) is 1. The number of halogens is 1. The number of ether oxygens (including phenoxy) is 1. The molecule has 0 atom stereocenters. The van der Waals surface area contributed by atoms with Crippen LogP contribution in [-0.2, 0) is 13.1 Å². The summed E-state index contributed by atoms with van der Waals surface area (Å²) in [7, 11) is 1.50. The lowest BCUT2D eigenvalue weighted by molar-refractivity contribution is 0.0984. The number of carbonyl (C=O) groups excluding carboxylic acids is 1. The molecule has 0 aliphatic rings. The SMILES string of the molecule is CCCCn1c(N)c(N(Cc2ccccc2OC)C(=O)c2ccc(F)cc2)c(=O)[nH]c1=O. The highest BCUT2D eigenvalue weighted by atomic mass is 19.1. The fourth-order valence-electron chi connectivity index (χ4n) is 3.38. The lowest BCUT2D eigenvalue weighted by Gasteiger charge is -2.25. The van der Waals surface area contributed by atoms with Crippen LogP contribution in [0.1, 0.15) is 35.7 Å². The molecule has 1 aromatic heterocycles. The molecular weight excluding hydrogens is 415 g/mol. The quantitative estimate of drug-likeness (QED) is 0.560. The normalized spacial score (nSPS) is 10.7. The first-order valence-electron chi connectivity index (χ1n) is 10.2. The molecule has 2 aromatic carbocycles. The van der Waals surface area contributed by atoms with Gasteiger partial charge >= 0.3 is 5.69 Å². The molecule has 0 aliphatic heterocycles. The first-order chi connectivity index (χ1) is 15.4. The predicted molar refractivity (Wildman–Crippen MR) is 121 cm³/mol. The van der Waals surface area contributed by atoms with Gasteiger partial charge in [-0.2, -0.15) is 0 Å². The van der Waals surface area contributed by atoms with E-state index in [2.05, 4.69) is 4.98 Å². The Bertz CT molecular complexity index is 1220. The Morgan fingerprint density at radius 3 is 2.50 bits per heavy atom. The third-order valence-electron chi connectivity index (χ3n) is 5.08. The number of amides is 1. The lowest BCUT2D eigenvalue weighted by Crippen LogP contribution is -2.41. The van der Waals surface area contributed by atoms with E-state index in [1.165, 1.54) is 28.7 Å². The maximum atomic E-state index is 13.4. The Balaban J connectivity index is 2.18. The fraction of sp³-hybridized carbons (Fsp3) is 0.261. The van der Waals surface area contributed by atoms with Gasteiger partial charge in [0.05, 0.1) is 13.7 Å². The van der Waals surface area contributed by atoms with Gasteiger partial charge < -0.3 is 10.5 Å². The smallest absolute Gasteiger partial charge is 0.330 e. The first-order valence-corrected chi connectivity index (χ1v) is 10.2. The first kappa shape index (κ1) is 22.8. The van der Waals surface area contributed by atoms with E-state index in [4.69, 9.17) is 10.5 Å². The summed E-state index contributed by atoms with van der Waals surface area (Å²) in [4.78, 5) is 42.0. The Morgan fingerprint density at radius 1 is 1.16 bits per heavy atom. The second-order valence-corrected chi connectivity index (χ2v) is 7.21. The molecule has 1 heterocycles. The van der Waals surface area contributed by atoms with Crippen molar-refractivity contribution in [2.75, 3.05) is 17.7 Å². The highest BCUT2D eigenvalue weighted by Gasteiger charge is 2.26. The third-order valence-corrected chi connectivity index (χ3v) is 5.08. The summed E-state index contributed by atoms with van der Waals surface area (Å²) in [5.41, 5.74) is 5.45. The minimum Gasteiger partial charge on any atom is -0.496 e. The Labute approximate surface area is 184 Å². The fourth-order valence-corrected chi connectivity index (χ4v) is 3.38. The number of aromatic nitrogens is 2. The number of benzene rings is 2. The molecule has 0 unspecified atom stereocenters. The molecular formula is C23H25FN4O4. The van der Waals surface area contributed by atoms with E-state index in [9.17, 15) is 18.8 Å². The molecule has 3 N–H and O–H groups in total. The second kappa shape index (κ2) is 9.95. The van der Waals surface area contributed by atoms with Crippen molar-refractivity contribution in [3.63, 3.8) is 0 Å². The van der Waals surface area contributed by atoms with E-state index < -0.39 is 23.0 Å². The van der Waals surface area contributed by atoms with Gasteiger partial charge in [0.15, 0.2) is 5.69 Å². The van der Waals surface area contributed by atoms with Gasteiger partial charge in [-0.05, 0) is 36.8 Å². The molecule has 32 heavy (non-hydrogen) atoms. The van der Waals surface area contributed by atoms with Crippen LogP contribution in [0.5, 0.6) is 5.75 Å². The third kappa shape index (κ3) is 4.72. The minimum absolute atomic E-state index is 0.0561. The number of nitrogens with zero attached hydrogens (tertiary/aromatic N) is 2. The number of H-pyrrole nitrogens is 1.